The van der Waals surface area contributed by atoms with Gasteiger partial charge in [0.15, 0.2) is 0 Å². The lowest BCUT2D eigenvalue weighted by Gasteiger charge is -2.34. The van der Waals surface area contributed by atoms with E-state index < -0.39 is 6.04 Å². The second-order valence-electron chi connectivity index (χ2n) is 8.23. The first kappa shape index (κ1) is 22.5. The van der Waals surface area contributed by atoms with Crippen molar-refractivity contribution in [1.29, 1.82) is 0 Å². The second kappa shape index (κ2) is 11.2. The molecule has 3 rings (SSSR count). The molecule has 0 bridgehead atoms. The monoisotopic (exact) mass is 430 g/mol. The quantitative estimate of drug-likeness (QED) is 0.237. The molecule has 30 heavy (non-hydrogen) atoms. The molecule has 0 spiro atoms. The van der Waals surface area contributed by atoms with E-state index in [9.17, 15) is 9.59 Å². The zero-order chi connectivity index (χ0) is 21.3. The smallest absolute Gasteiger partial charge is 0.286 e. The van der Waals surface area contributed by atoms with Gasteiger partial charge >= 0.3 is 0 Å². The average molecular weight is 431 g/mol. The highest BCUT2D eigenvalue weighted by molar-refractivity contribution is 7.98. The van der Waals surface area contributed by atoms with Gasteiger partial charge in [-0.15, -0.1) is 10.2 Å². The summed E-state index contributed by atoms with van der Waals surface area (Å²) in [7, 11) is 0. The SMILES string of the molecule is CC(C)C[C@@H](C(=O)c1nnc(SCc2cccnc2)o1)N(C=O)C1CCCCCC1. The molecular formula is C22H30N4O3S. The molecule has 7 nitrogen and oxygen atoms in total. The van der Waals surface area contributed by atoms with Crippen LogP contribution in [0.15, 0.2) is 34.2 Å². The van der Waals surface area contributed by atoms with Crippen molar-refractivity contribution < 1.29 is 14.0 Å². The predicted octanol–water partition coefficient (Wildman–Crippen LogP) is 4.54. The Hall–Kier alpha value is -2.22. The molecule has 1 aliphatic carbocycles. The molecule has 1 aliphatic rings. The van der Waals surface area contributed by atoms with E-state index in [4.69, 9.17) is 4.42 Å². The molecule has 0 saturated heterocycles. The Morgan fingerprint density at radius 3 is 2.67 bits per heavy atom. The summed E-state index contributed by atoms with van der Waals surface area (Å²) in [5, 5.41) is 8.36. The summed E-state index contributed by atoms with van der Waals surface area (Å²) >= 11 is 1.37. The summed E-state index contributed by atoms with van der Waals surface area (Å²) in [6.07, 6.45) is 11.4. The summed E-state index contributed by atoms with van der Waals surface area (Å²) in [5.74, 6) is 0.604. The molecule has 2 aromatic rings. The number of nitrogens with zero attached hydrogens (tertiary/aromatic N) is 4. The summed E-state index contributed by atoms with van der Waals surface area (Å²) < 4.78 is 5.66. The zero-order valence-corrected chi connectivity index (χ0v) is 18.5. The minimum Gasteiger partial charge on any atom is -0.408 e. The molecule has 0 radical (unpaired) electrons. The van der Waals surface area contributed by atoms with Crippen LogP contribution < -0.4 is 0 Å². The van der Waals surface area contributed by atoms with Gasteiger partial charge in [0.1, 0.15) is 6.04 Å². The standard InChI is InChI=1S/C22H30N4O3S/c1-16(2)12-19(26(15-27)18-9-5-3-4-6-10-18)20(28)21-24-25-22(29-21)30-14-17-8-7-11-23-13-17/h7-8,11,13,15-16,18-19H,3-6,9-10,12,14H2,1-2H3/t19-/m0/s1. The maximum atomic E-state index is 13.3. The van der Waals surface area contributed by atoms with Crippen LogP contribution in [0.4, 0.5) is 0 Å². The third-order valence-electron chi connectivity index (χ3n) is 5.43. The first-order valence-corrected chi connectivity index (χ1v) is 11.7. The zero-order valence-electron chi connectivity index (χ0n) is 17.7. The predicted molar refractivity (Wildman–Crippen MR) is 115 cm³/mol. The summed E-state index contributed by atoms with van der Waals surface area (Å²) in [4.78, 5) is 31.1. The minimum atomic E-state index is -0.567. The van der Waals surface area contributed by atoms with E-state index in [0.717, 1.165) is 37.7 Å². The number of ketones is 1. The van der Waals surface area contributed by atoms with Crippen molar-refractivity contribution in [3.63, 3.8) is 0 Å². The number of amides is 1. The molecule has 2 heterocycles. The van der Waals surface area contributed by atoms with Gasteiger partial charge < -0.3 is 9.32 Å². The molecule has 1 fully saturated rings. The molecule has 162 valence electrons. The topological polar surface area (TPSA) is 89.2 Å². The molecule has 1 amide bonds. The largest absolute Gasteiger partial charge is 0.408 e. The normalized spacial score (nSPS) is 16.2. The van der Waals surface area contributed by atoms with Gasteiger partial charge in [-0.05, 0) is 36.8 Å². The van der Waals surface area contributed by atoms with E-state index >= 15 is 0 Å². The molecule has 0 aliphatic heterocycles. The first-order chi connectivity index (χ1) is 14.6. The fourth-order valence-electron chi connectivity index (χ4n) is 3.92. The van der Waals surface area contributed by atoms with Gasteiger partial charge in [0, 0.05) is 24.2 Å². The number of rotatable bonds is 10. The van der Waals surface area contributed by atoms with Gasteiger partial charge in [0.2, 0.25) is 12.2 Å². The van der Waals surface area contributed by atoms with Crippen LogP contribution in [0.5, 0.6) is 0 Å². The highest BCUT2D eigenvalue weighted by Crippen LogP contribution is 2.27. The Bertz CT molecular complexity index is 804. The van der Waals surface area contributed by atoms with Crippen LogP contribution in [0, 0.1) is 5.92 Å². The summed E-state index contributed by atoms with van der Waals surface area (Å²) in [6, 6.07) is 3.37. The summed E-state index contributed by atoms with van der Waals surface area (Å²) in [5.41, 5.74) is 1.03. The number of pyridine rings is 1. The Labute approximate surface area is 182 Å². The lowest BCUT2D eigenvalue weighted by molar-refractivity contribution is -0.122. The Balaban J connectivity index is 1.72. The van der Waals surface area contributed by atoms with E-state index in [1.807, 2.05) is 12.1 Å². The van der Waals surface area contributed by atoms with Crippen LogP contribution in [0.2, 0.25) is 0 Å². The van der Waals surface area contributed by atoms with Gasteiger partial charge in [-0.25, -0.2) is 0 Å². The highest BCUT2D eigenvalue weighted by atomic mass is 32.2. The van der Waals surface area contributed by atoms with Crippen molar-refractivity contribution in [1.82, 2.24) is 20.1 Å². The number of Topliss-reactive ketones (excluding diaryl/α,β-unsaturated/α-hetero) is 1. The Kier molecular flexibility index (Phi) is 8.42. The maximum Gasteiger partial charge on any atom is 0.286 e. The van der Waals surface area contributed by atoms with Crippen molar-refractivity contribution in [2.24, 2.45) is 5.92 Å². The van der Waals surface area contributed by atoms with E-state index in [-0.39, 0.29) is 23.6 Å². The third-order valence-corrected chi connectivity index (χ3v) is 6.32. The number of aromatic nitrogens is 3. The molecule has 0 aromatic carbocycles. The third kappa shape index (κ3) is 6.14. The van der Waals surface area contributed by atoms with E-state index in [2.05, 4.69) is 29.0 Å². The second-order valence-corrected chi connectivity index (χ2v) is 9.16. The van der Waals surface area contributed by atoms with Crippen LogP contribution in [-0.4, -0.2) is 44.4 Å². The molecule has 1 atom stereocenters. The van der Waals surface area contributed by atoms with E-state index in [1.54, 1.807) is 17.3 Å². The van der Waals surface area contributed by atoms with Crippen molar-refractivity contribution >= 4 is 24.0 Å². The van der Waals surface area contributed by atoms with Crippen LogP contribution in [0.1, 0.15) is 75.0 Å². The molecule has 0 unspecified atom stereocenters. The Morgan fingerprint density at radius 1 is 1.27 bits per heavy atom. The van der Waals surface area contributed by atoms with Crippen LogP contribution in [-0.2, 0) is 10.5 Å². The van der Waals surface area contributed by atoms with Crippen LogP contribution >= 0.6 is 11.8 Å². The van der Waals surface area contributed by atoms with Crippen molar-refractivity contribution in [3.05, 3.63) is 36.0 Å². The van der Waals surface area contributed by atoms with Gasteiger partial charge in [-0.3, -0.25) is 14.6 Å². The molecule has 0 N–H and O–H groups in total. The van der Waals surface area contributed by atoms with Gasteiger partial charge in [-0.1, -0.05) is 57.4 Å². The first-order valence-electron chi connectivity index (χ1n) is 10.7. The average Bonchev–Trinajstić information content (AvgIpc) is 3.07. The van der Waals surface area contributed by atoms with Crippen LogP contribution in [0.25, 0.3) is 0 Å². The van der Waals surface area contributed by atoms with Crippen molar-refractivity contribution in [2.45, 2.75) is 81.9 Å². The highest BCUT2D eigenvalue weighted by Gasteiger charge is 2.34. The van der Waals surface area contributed by atoms with Gasteiger partial charge in [0.05, 0.1) is 0 Å². The van der Waals surface area contributed by atoms with E-state index in [0.29, 0.717) is 17.4 Å². The minimum absolute atomic E-state index is 0.0187. The van der Waals surface area contributed by atoms with Crippen molar-refractivity contribution in [2.75, 3.05) is 0 Å². The van der Waals surface area contributed by atoms with E-state index in [1.165, 1.54) is 24.6 Å². The van der Waals surface area contributed by atoms with Gasteiger partial charge in [0.25, 0.3) is 11.1 Å². The van der Waals surface area contributed by atoms with Gasteiger partial charge in [-0.2, -0.15) is 0 Å². The molecule has 1 saturated carbocycles. The number of hydrogen-bond acceptors (Lipinski definition) is 7. The number of carbonyl (C=O) groups is 2. The Morgan fingerprint density at radius 2 is 2.03 bits per heavy atom. The molecule has 8 heteroatoms. The summed E-state index contributed by atoms with van der Waals surface area (Å²) in [6.45, 7) is 4.11. The number of hydrogen-bond donors (Lipinski definition) is 0. The fraction of sp³-hybridized carbons (Fsp3) is 0.591. The fourth-order valence-corrected chi connectivity index (χ4v) is 4.62. The number of carbonyl (C=O) groups excluding carboxylic acids is 2. The molecular weight excluding hydrogens is 400 g/mol. The molecule has 2 aromatic heterocycles. The maximum absolute atomic E-state index is 13.3. The van der Waals surface area contributed by atoms with Crippen LogP contribution in [0.3, 0.4) is 0 Å². The lowest BCUT2D eigenvalue weighted by Crippen LogP contribution is -2.47. The lowest BCUT2D eigenvalue weighted by atomic mass is 9.95. The number of thioether (sulfide) groups is 1. The van der Waals surface area contributed by atoms with Crippen molar-refractivity contribution in [3.8, 4) is 0 Å².